The van der Waals surface area contributed by atoms with Gasteiger partial charge in [0, 0.05) is 17.3 Å². The van der Waals surface area contributed by atoms with E-state index in [0.717, 1.165) is 16.8 Å². The molecule has 1 aliphatic heterocycles. The second-order valence-corrected chi connectivity index (χ2v) is 2.58. The van der Waals surface area contributed by atoms with Gasteiger partial charge in [-0.1, -0.05) is 6.08 Å². The van der Waals surface area contributed by atoms with Crippen LogP contribution in [-0.2, 0) is 4.79 Å². The van der Waals surface area contributed by atoms with Crippen molar-refractivity contribution in [3.8, 4) is 0 Å². The Bertz CT molecular complexity index is 369. The fraction of sp³-hybridized carbons (Fsp3) is 0.111. The monoisotopic (exact) mass is 160 g/mol. The molecule has 12 heavy (non-hydrogen) atoms. The molecule has 0 fully saturated rings. The van der Waals surface area contributed by atoms with Crippen molar-refractivity contribution in [1.82, 2.24) is 4.98 Å². The van der Waals surface area contributed by atoms with Crippen LogP contribution in [0.2, 0.25) is 0 Å². The number of rotatable bonds is 0. The molecule has 1 aliphatic rings. The number of nitrogens with one attached hydrogen (secondary N) is 1. The summed E-state index contributed by atoms with van der Waals surface area (Å²) in [6.45, 7) is 1.85. The number of fused-ring (bicyclic) bond motifs is 1. The van der Waals surface area contributed by atoms with E-state index in [1.165, 1.54) is 0 Å². The fourth-order valence-electron chi connectivity index (χ4n) is 1.33. The zero-order chi connectivity index (χ0) is 8.55. The summed E-state index contributed by atoms with van der Waals surface area (Å²) in [5.74, 6) is -0.0412. The van der Waals surface area contributed by atoms with Crippen LogP contribution in [0.15, 0.2) is 24.5 Å². The van der Waals surface area contributed by atoms with Gasteiger partial charge in [0.05, 0.1) is 11.9 Å². The van der Waals surface area contributed by atoms with Gasteiger partial charge in [-0.3, -0.25) is 9.78 Å². The first kappa shape index (κ1) is 7.03. The van der Waals surface area contributed by atoms with E-state index < -0.39 is 0 Å². The molecule has 0 bridgehead atoms. The summed E-state index contributed by atoms with van der Waals surface area (Å²) in [6, 6.07) is 1.84. The molecule has 0 saturated heterocycles. The largest absolute Gasteiger partial charge is 0.320 e. The number of amides is 1. The average Bonchev–Trinajstić information content (AvgIpc) is 2.40. The summed E-state index contributed by atoms with van der Waals surface area (Å²) in [5.41, 5.74) is 2.47. The Hall–Kier alpha value is -1.64. The van der Waals surface area contributed by atoms with Crippen molar-refractivity contribution < 1.29 is 4.79 Å². The Labute approximate surface area is 70.1 Å². The molecule has 1 aromatic rings. The lowest BCUT2D eigenvalue weighted by Gasteiger charge is -1.93. The minimum absolute atomic E-state index is 0.0412. The maximum absolute atomic E-state index is 11.3. The van der Waals surface area contributed by atoms with Gasteiger partial charge in [-0.05, 0) is 13.0 Å². The van der Waals surface area contributed by atoms with Gasteiger partial charge in [-0.2, -0.15) is 0 Å². The predicted octanol–water partition coefficient (Wildman–Crippen LogP) is 1.44. The van der Waals surface area contributed by atoms with Crippen molar-refractivity contribution in [2.45, 2.75) is 6.92 Å². The Balaban J connectivity index is 2.62. The van der Waals surface area contributed by atoms with Gasteiger partial charge >= 0.3 is 0 Å². The first-order chi connectivity index (χ1) is 5.83. The molecule has 2 heterocycles. The number of aromatic nitrogens is 1. The molecule has 0 spiro atoms. The lowest BCUT2D eigenvalue weighted by Crippen LogP contribution is -2.03. The highest BCUT2D eigenvalue weighted by Crippen LogP contribution is 2.29. The molecule has 0 aliphatic carbocycles. The van der Waals surface area contributed by atoms with E-state index >= 15 is 0 Å². The van der Waals surface area contributed by atoms with Crippen LogP contribution in [0.5, 0.6) is 0 Å². The average molecular weight is 160 g/mol. The molecule has 0 saturated carbocycles. The SMILES string of the molecule is C/C=C1\C(=O)Nc2cnccc21. The van der Waals surface area contributed by atoms with E-state index in [9.17, 15) is 4.79 Å². The molecular formula is C9H8N2O. The standard InChI is InChI=1S/C9H8N2O/c1-2-6-7-3-4-10-5-8(7)11-9(6)12/h2-5H,1H3,(H,11,12)/b6-2-. The van der Waals surface area contributed by atoms with E-state index in [1.807, 2.05) is 13.0 Å². The van der Waals surface area contributed by atoms with Crippen molar-refractivity contribution in [2.75, 3.05) is 5.32 Å². The van der Waals surface area contributed by atoms with Gasteiger partial charge in [0.1, 0.15) is 0 Å². The Morgan fingerprint density at radius 1 is 1.58 bits per heavy atom. The molecule has 3 nitrogen and oxygen atoms in total. The van der Waals surface area contributed by atoms with Crippen molar-refractivity contribution in [1.29, 1.82) is 0 Å². The molecule has 0 radical (unpaired) electrons. The summed E-state index contributed by atoms with van der Waals surface area (Å²) in [5, 5.41) is 2.73. The van der Waals surface area contributed by atoms with Crippen LogP contribution in [0.4, 0.5) is 5.69 Å². The molecule has 0 atom stereocenters. The number of carbonyl (C=O) groups is 1. The third-order valence-electron chi connectivity index (χ3n) is 1.89. The minimum Gasteiger partial charge on any atom is -0.320 e. The number of hydrogen-bond acceptors (Lipinski definition) is 2. The maximum Gasteiger partial charge on any atom is 0.256 e. The minimum atomic E-state index is -0.0412. The summed E-state index contributed by atoms with van der Waals surface area (Å²) in [7, 11) is 0. The van der Waals surface area contributed by atoms with Crippen molar-refractivity contribution in [2.24, 2.45) is 0 Å². The highest BCUT2D eigenvalue weighted by molar-refractivity contribution is 6.31. The highest BCUT2D eigenvalue weighted by atomic mass is 16.2. The van der Waals surface area contributed by atoms with Crippen molar-refractivity contribution >= 4 is 17.2 Å². The Kier molecular flexibility index (Phi) is 1.43. The van der Waals surface area contributed by atoms with Crippen LogP contribution in [0.25, 0.3) is 5.57 Å². The van der Waals surface area contributed by atoms with Crippen LogP contribution in [0, 0.1) is 0 Å². The molecule has 1 amide bonds. The third kappa shape index (κ3) is 0.830. The summed E-state index contributed by atoms with van der Waals surface area (Å²) in [6.07, 6.45) is 5.15. The van der Waals surface area contributed by atoms with E-state index in [2.05, 4.69) is 10.3 Å². The molecule has 60 valence electrons. The predicted molar refractivity (Wildman–Crippen MR) is 46.5 cm³/mol. The third-order valence-corrected chi connectivity index (χ3v) is 1.89. The van der Waals surface area contributed by atoms with E-state index in [4.69, 9.17) is 0 Å². The molecule has 0 aromatic carbocycles. The molecular weight excluding hydrogens is 152 g/mol. The van der Waals surface area contributed by atoms with Gasteiger partial charge < -0.3 is 5.32 Å². The van der Waals surface area contributed by atoms with Crippen LogP contribution in [-0.4, -0.2) is 10.9 Å². The highest BCUT2D eigenvalue weighted by Gasteiger charge is 2.22. The topological polar surface area (TPSA) is 42.0 Å². The zero-order valence-corrected chi connectivity index (χ0v) is 6.66. The number of anilines is 1. The van der Waals surface area contributed by atoms with Crippen LogP contribution >= 0.6 is 0 Å². The molecule has 1 N–H and O–H groups in total. The van der Waals surface area contributed by atoms with Gasteiger partial charge in [0.25, 0.3) is 5.91 Å². The second kappa shape index (κ2) is 2.44. The van der Waals surface area contributed by atoms with Crippen LogP contribution in [0.3, 0.4) is 0 Å². The number of pyridine rings is 1. The smallest absolute Gasteiger partial charge is 0.256 e. The molecule has 1 aromatic heterocycles. The van der Waals surface area contributed by atoms with E-state index in [-0.39, 0.29) is 5.91 Å². The number of hydrogen-bond donors (Lipinski definition) is 1. The van der Waals surface area contributed by atoms with Gasteiger partial charge in [-0.25, -0.2) is 0 Å². The van der Waals surface area contributed by atoms with Gasteiger partial charge in [0.2, 0.25) is 0 Å². The summed E-state index contributed by atoms with van der Waals surface area (Å²) >= 11 is 0. The van der Waals surface area contributed by atoms with E-state index in [0.29, 0.717) is 0 Å². The summed E-state index contributed by atoms with van der Waals surface area (Å²) < 4.78 is 0. The van der Waals surface area contributed by atoms with E-state index in [1.54, 1.807) is 18.5 Å². The van der Waals surface area contributed by atoms with Crippen molar-refractivity contribution in [3.63, 3.8) is 0 Å². The maximum atomic E-state index is 11.3. The lowest BCUT2D eigenvalue weighted by molar-refractivity contribution is -0.110. The number of allylic oxidation sites excluding steroid dienone is 1. The van der Waals surface area contributed by atoms with Crippen LogP contribution in [0.1, 0.15) is 12.5 Å². The van der Waals surface area contributed by atoms with Crippen molar-refractivity contribution in [3.05, 3.63) is 30.1 Å². The number of nitrogens with zero attached hydrogens (tertiary/aromatic N) is 1. The lowest BCUT2D eigenvalue weighted by atomic mass is 10.1. The molecule has 3 heteroatoms. The van der Waals surface area contributed by atoms with Gasteiger partial charge in [-0.15, -0.1) is 0 Å². The molecule has 2 rings (SSSR count). The normalized spacial score (nSPS) is 17.8. The fourth-order valence-corrected chi connectivity index (χ4v) is 1.33. The number of carbonyl (C=O) groups excluding carboxylic acids is 1. The Morgan fingerprint density at radius 3 is 3.17 bits per heavy atom. The summed E-state index contributed by atoms with van der Waals surface area (Å²) in [4.78, 5) is 15.2. The van der Waals surface area contributed by atoms with Gasteiger partial charge in [0.15, 0.2) is 0 Å². The molecule has 0 unspecified atom stereocenters. The first-order valence-corrected chi connectivity index (χ1v) is 3.75. The zero-order valence-electron chi connectivity index (χ0n) is 6.66. The van der Waals surface area contributed by atoms with Crippen LogP contribution < -0.4 is 5.32 Å². The first-order valence-electron chi connectivity index (χ1n) is 3.75. The Morgan fingerprint density at radius 2 is 2.42 bits per heavy atom. The second-order valence-electron chi connectivity index (χ2n) is 2.58. The quantitative estimate of drug-likeness (QED) is 0.583.